The van der Waals surface area contributed by atoms with Crippen LogP contribution in [0.5, 0.6) is 0 Å². The van der Waals surface area contributed by atoms with Crippen molar-refractivity contribution >= 4 is 0 Å². The first-order valence-corrected chi connectivity index (χ1v) is 2.85. The summed E-state index contributed by atoms with van der Waals surface area (Å²) in [5.41, 5.74) is 0. The van der Waals surface area contributed by atoms with Gasteiger partial charge >= 0.3 is 0 Å². The second-order valence-electron chi connectivity index (χ2n) is 1.68. The van der Waals surface area contributed by atoms with Crippen LogP contribution in [0, 0.1) is 0 Å². The maximum atomic E-state index is 12.0. The van der Waals surface area contributed by atoms with Gasteiger partial charge in [-0.1, -0.05) is 20.1 Å². The van der Waals surface area contributed by atoms with Crippen LogP contribution in [0.4, 0.5) is 4.39 Å². The number of halogens is 1. The standard InChI is InChI=1S/C7H11FO/c1-4-5-9-7(3)6(2)8/h2-5H2,1H3. The molecule has 0 saturated carbocycles. The van der Waals surface area contributed by atoms with Crippen LogP contribution in [-0.4, -0.2) is 6.61 Å². The molecule has 0 aromatic rings. The second kappa shape index (κ2) is 4.13. The van der Waals surface area contributed by atoms with Crippen molar-refractivity contribution in [3.63, 3.8) is 0 Å². The Morgan fingerprint density at radius 1 is 1.56 bits per heavy atom. The van der Waals surface area contributed by atoms with Gasteiger partial charge in [-0.2, -0.15) is 0 Å². The summed E-state index contributed by atoms with van der Waals surface area (Å²) >= 11 is 0. The van der Waals surface area contributed by atoms with E-state index in [9.17, 15) is 4.39 Å². The van der Waals surface area contributed by atoms with E-state index in [-0.39, 0.29) is 5.76 Å². The van der Waals surface area contributed by atoms with E-state index in [4.69, 9.17) is 4.74 Å². The lowest BCUT2D eigenvalue weighted by molar-refractivity contribution is 0.211. The minimum absolute atomic E-state index is 0.0388. The van der Waals surface area contributed by atoms with Crippen molar-refractivity contribution in [2.45, 2.75) is 13.3 Å². The van der Waals surface area contributed by atoms with Crippen LogP contribution in [0.3, 0.4) is 0 Å². The van der Waals surface area contributed by atoms with Gasteiger partial charge < -0.3 is 4.74 Å². The van der Waals surface area contributed by atoms with Crippen LogP contribution in [0.2, 0.25) is 0 Å². The van der Waals surface area contributed by atoms with Crippen molar-refractivity contribution in [1.82, 2.24) is 0 Å². The van der Waals surface area contributed by atoms with Crippen LogP contribution in [0.1, 0.15) is 13.3 Å². The summed E-state index contributed by atoms with van der Waals surface area (Å²) in [5, 5.41) is 0. The number of hydrogen-bond acceptors (Lipinski definition) is 1. The zero-order chi connectivity index (χ0) is 7.28. The summed E-state index contributed by atoms with van der Waals surface area (Å²) in [6.07, 6.45) is 0.853. The molecular formula is C7H11FO. The molecule has 52 valence electrons. The third-order valence-corrected chi connectivity index (χ3v) is 0.783. The van der Waals surface area contributed by atoms with Crippen molar-refractivity contribution in [2.75, 3.05) is 6.61 Å². The lowest BCUT2D eigenvalue weighted by atomic mass is 10.5. The maximum Gasteiger partial charge on any atom is 0.157 e. The van der Waals surface area contributed by atoms with Crippen molar-refractivity contribution in [3.05, 3.63) is 24.7 Å². The first kappa shape index (κ1) is 8.21. The molecule has 0 amide bonds. The van der Waals surface area contributed by atoms with Gasteiger partial charge in [-0.15, -0.1) is 0 Å². The molecule has 0 heterocycles. The lowest BCUT2D eigenvalue weighted by Gasteiger charge is -2.02. The number of rotatable bonds is 4. The molecule has 0 fully saturated rings. The van der Waals surface area contributed by atoms with Crippen LogP contribution in [0.15, 0.2) is 24.7 Å². The molecule has 0 N–H and O–H groups in total. The molecule has 0 aromatic carbocycles. The zero-order valence-electron chi connectivity index (χ0n) is 5.61. The van der Waals surface area contributed by atoms with Crippen molar-refractivity contribution in [3.8, 4) is 0 Å². The van der Waals surface area contributed by atoms with E-state index in [2.05, 4.69) is 13.2 Å². The molecule has 0 saturated heterocycles. The SMILES string of the molecule is C=C(F)C(=C)OCCC. The Hall–Kier alpha value is -0.790. The zero-order valence-corrected chi connectivity index (χ0v) is 5.61. The van der Waals surface area contributed by atoms with Crippen LogP contribution in [-0.2, 0) is 4.74 Å². The third-order valence-electron chi connectivity index (χ3n) is 0.783. The fourth-order valence-corrected chi connectivity index (χ4v) is 0.304. The smallest absolute Gasteiger partial charge is 0.157 e. The molecule has 0 atom stereocenters. The molecule has 0 aliphatic rings. The molecular weight excluding hydrogens is 119 g/mol. The number of hydrogen-bond donors (Lipinski definition) is 0. The van der Waals surface area contributed by atoms with Gasteiger partial charge in [-0.05, 0) is 6.42 Å². The summed E-state index contributed by atoms with van der Waals surface area (Å²) in [6, 6.07) is 0. The first-order chi connectivity index (χ1) is 4.18. The van der Waals surface area contributed by atoms with E-state index >= 15 is 0 Å². The molecule has 0 spiro atoms. The Bertz CT molecular complexity index is 118. The summed E-state index contributed by atoms with van der Waals surface area (Å²) in [7, 11) is 0. The molecule has 2 heteroatoms. The predicted molar refractivity (Wildman–Crippen MR) is 35.6 cm³/mol. The molecule has 0 unspecified atom stereocenters. The van der Waals surface area contributed by atoms with Crippen LogP contribution < -0.4 is 0 Å². The molecule has 0 aliphatic heterocycles. The van der Waals surface area contributed by atoms with Gasteiger partial charge in [-0.3, -0.25) is 0 Å². The quantitative estimate of drug-likeness (QED) is 0.419. The lowest BCUT2D eigenvalue weighted by Crippen LogP contribution is -1.91. The number of ether oxygens (including phenoxy) is 1. The minimum Gasteiger partial charge on any atom is -0.491 e. The summed E-state index contributed by atoms with van der Waals surface area (Å²) in [4.78, 5) is 0. The Kier molecular flexibility index (Phi) is 3.76. The highest BCUT2D eigenvalue weighted by molar-refractivity contribution is 5.10. The maximum absolute atomic E-state index is 12.0. The Labute approximate surface area is 54.8 Å². The fraction of sp³-hybridized carbons (Fsp3) is 0.429. The first-order valence-electron chi connectivity index (χ1n) is 2.85. The van der Waals surface area contributed by atoms with E-state index in [0.717, 1.165) is 6.42 Å². The average molecular weight is 130 g/mol. The van der Waals surface area contributed by atoms with Gasteiger partial charge in [0.2, 0.25) is 0 Å². The molecule has 0 aromatic heterocycles. The van der Waals surface area contributed by atoms with Gasteiger partial charge in [0.1, 0.15) is 5.76 Å². The van der Waals surface area contributed by atoms with Crippen molar-refractivity contribution in [2.24, 2.45) is 0 Å². The van der Waals surface area contributed by atoms with Gasteiger partial charge in [0.15, 0.2) is 5.83 Å². The fourth-order valence-electron chi connectivity index (χ4n) is 0.304. The molecule has 0 aliphatic carbocycles. The highest BCUT2D eigenvalue weighted by Gasteiger charge is 1.95. The van der Waals surface area contributed by atoms with Crippen molar-refractivity contribution in [1.29, 1.82) is 0 Å². The minimum atomic E-state index is -0.594. The van der Waals surface area contributed by atoms with Crippen LogP contribution in [0.25, 0.3) is 0 Å². The normalized spacial score (nSPS) is 8.67. The van der Waals surface area contributed by atoms with E-state index in [0.29, 0.717) is 6.61 Å². The summed E-state index contributed by atoms with van der Waals surface area (Å²) in [6.45, 7) is 8.75. The van der Waals surface area contributed by atoms with Gasteiger partial charge in [-0.25, -0.2) is 4.39 Å². The Morgan fingerprint density at radius 2 is 2.11 bits per heavy atom. The van der Waals surface area contributed by atoms with E-state index in [1.807, 2.05) is 6.92 Å². The largest absolute Gasteiger partial charge is 0.491 e. The molecule has 0 radical (unpaired) electrons. The topological polar surface area (TPSA) is 9.23 Å². The predicted octanol–water partition coefficient (Wildman–Crippen LogP) is 2.41. The van der Waals surface area contributed by atoms with E-state index in [1.165, 1.54) is 0 Å². The van der Waals surface area contributed by atoms with E-state index in [1.54, 1.807) is 0 Å². The summed E-state index contributed by atoms with van der Waals surface area (Å²) in [5.74, 6) is -0.555. The second-order valence-corrected chi connectivity index (χ2v) is 1.68. The average Bonchev–Trinajstić information content (AvgIpc) is 1.82. The van der Waals surface area contributed by atoms with Gasteiger partial charge in [0, 0.05) is 0 Å². The molecule has 0 bridgehead atoms. The van der Waals surface area contributed by atoms with Crippen molar-refractivity contribution < 1.29 is 9.13 Å². The van der Waals surface area contributed by atoms with Gasteiger partial charge in [0.25, 0.3) is 0 Å². The molecule has 9 heavy (non-hydrogen) atoms. The van der Waals surface area contributed by atoms with E-state index < -0.39 is 5.83 Å². The molecule has 0 rings (SSSR count). The van der Waals surface area contributed by atoms with Gasteiger partial charge in [0.05, 0.1) is 6.61 Å². The Balaban J connectivity index is 3.39. The third kappa shape index (κ3) is 3.76. The number of allylic oxidation sites excluding steroid dienone is 1. The molecule has 1 nitrogen and oxygen atoms in total. The van der Waals surface area contributed by atoms with Crippen LogP contribution >= 0.6 is 0 Å². The highest BCUT2D eigenvalue weighted by atomic mass is 19.1. The Morgan fingerprint density at radius 3 is 2.44 bits per heavy atom. The highest BCUT2D eigenvalue weighted by Crippen LogP contribution is 2.06. The summed E-state index contributed by atoms with van der Waals surface area (Å²) < 4.78 is 16.8. The monoisotopic (exact) mass is 130 g/mol.